The van der Waals surface area contributed by atoms with Crippen molar-refractivity contribution in [2.75, 3.05) is 18.2 Å². The minimum Gasteiger partial charge on any atom is -0.497 e. The van der Waals surface area contributed by atoms with Crippen LogP contribution in [-0.4, -0.2) is 28.0 Å². The number of nitrogens with one attached hydrogen (secondary N) is 1. The standard InChI is InChI=1S/C17H15N5O2/c1-24-13-6-4-12(5-7-13)21-17(23)15-16(18)20-10-14(22-15)11-3-2-8-19-9-11/h2-10H,1H3,(H2,18,20)(H,21,23). The van der Waals surface area contributed by atoms with Gasteiger partial charge in [-0.1, -0.05) is 0 Å². The van der Waals surface area contributed by atoms with Gasteiger partial charge < -0.3 is 15.8 Å². The third kappa shape index (κ3) is 3.30. The maximum Gasteiger partial charge on any atom is 0.278 e. The number of nitrogens with zero attached hydrogens (tertiary/aromatic N) is 3. The van der Waals surface area contributed by atoms with E-state index in [1.807, 2.05) is 6.07 Å². The van der Waals surface area contributed by atoms with E-state index in [9.17, 15) is 4.79 Å². The van der Waals surface area contributed by atoms with Gasteiger partial charge in [-0.15, -0.1) is 0 Å². The van der Waals surface area contributed by atoms with Gasteiger partial charge in [0.25, 0.3) is 5.91 Å². The van der Waals surface area contributed by atoms with E-state index in [-0.39, 0.29) is 11.5 Å². The Bertz CT molecular complexity index is 851. The predicted octanol–water partition coefficient (Wildman–Crippen LogP) is 2.38. The Hall–Kier alpha value is -3.48. The van der Waals surface area contributed by atoms with E-state index in [4.69, 9.17) is 10.5 Å². The third-order valence-electron chi connectivity index (χ3n) is 3.32. The maximum atomic E-state index is 12.4. The number of benzene rings is 1. The number of anilines is 2. The van der Waals surface area contributed by atoms with E-state index in [2.05, 4.69) is 20.3 Å². The molecular formula is C17H15N5O2. The molecule has 3 rings (SSSR count). The lowest BCUT2D eigenvalue weighted by Gasteiger charge is -2.08. The van der Waals surface area contributed by atoms with Gasteiger partial charge in [-0.05, 0) is 36.4 Å². The Labute approximate surface area is 138 Å². The molecule has 0 fully saturated rings. The average molecular weight is 321 g/mol. The Morgan fingerprint density at radius 2 is 1.96 bits per heavy atom. The second-order valence-electron chi connectivity index (χ2n) is 4.91. The molecular weight excluding hydrogens is 306 g/mol. The Morgan fingerprint density at radius 3 is 2.62 bits per heavy atom. The van der Waals surface area contributed by atoms with E-state index >= 15 is 0 Å². The quantitative estimate of drug-likeness (QED) is 0.764. The normalized spacial score (nSPS) is 10.2. The summed E-state index contributed by atoms with van der Waals surface area (Å²) in [6.07, 6.45) is 4.81. The third-order valence-corrected chi connectivity index (χ3v) is 3.32. The highest BCUT2D eigenvalue weighted by atomic mass is 16.5. The van der Waals surface area contributed by atoms with E-state index < -0.39 is 5.91 Å². The van der Waals surface area contributed by atoms with E-state index in [0.29, 0.717) is 17.1 Å². The minimum absolute atomic E-state index is 0.0622. The molecule has 1 aromatic carbocycles. The summed E-state index contributed by atoms with van der Waals surface area (Å²) >= 11 is 0. The number of ether oxygens (including phenoxy) is 1. The maximum absolute atomic E-state index is 12.4. The van der Waals surface area contributed by atoms with Gasteiger partial charge in [0, 0.05) is 23.6 Å². The van der Waals surface area contributed by atoms with Crippen molar-refractivity contribution in [1.29, 1.82) is 0 Å². The average Bonchev–Trinajstić information content (AvgIpc) is 2.63. The topological polar surface area (TPSA) is 103 Å². The molecule has 0 saturated carbocycles. The van der Waals surface area contributed by atoms with Gasteiger partial charge in [-0.3, -0.25) is 9.78 Å². The van der Waals surface area contributed by atoms with Crippen LogP contribution in [0.25, 0.3) is 11.3 Å². The molecule has 0 spiro atoms. The zero-order valence-electron chi connectivity index (χ0n) is 12.9. The molecule has 24 heavy (non-hydrogen) atoms. The van der Waals surface area contributed by atoms with Crippen LogP contribution in [0.5, 0.6) is 5.75 Å². The summed E-state index contributed by atoms with van der Waals surface area (Å²) in [5.41, 5.74) is 7.74. The fourth-order valence-electron chi connectivity index (χ4n) is 2.08. The molecule has 0 bridgehead atoms. The summed E-state index contributed by atoms with van der Waals surface area (Å²) < 4.78 is 5.08. The Morgan fingerprint density at radius 1 is 1.17 bits per heavy atom. The van der Waals surface area contributed by atoms with Crippen molar-refractivity contribution < 1.29 is 9.53 Å². The molecule has 120 valence electrons. The second-order valence-corrected chi connectivity index (χ2v) is 4.91. The molecule has 1 amide bonds. The van der Waals surface area contributed by atoms with Crippen LogP contribution in [-0.2, 0) is 0 Å². The van der Waals surface area contributed by atoms with Gasteiger partial charge in [0.15, 0.2) is 11.5 Å². The first-order valence-corrected chi connectivity index (χ1v) is 7.15. The number of carbonyl (C=O) groups is 1. The number of nitrogen functional groups attached to an aromatic ring is 1. The molecule has 0 saturated heterocycles. The highest BCUT2D eigenvalue weighted by Gasteiger charge is 2.15. The number of carbonyl (C=O) groups excluding carboxylic acids is 1. The first kappa shape index (κ1) is 15.4. The van der Waals surface area contributed by atoms with Crippen LogP contribution in [0.15, 0.2) is 55.0 Å². The molecule has 0 aliphatic rings. The fourth-order valence-corrected chi connectivity index (χ4v) is 2.08. The minimum atomic E-state index is -0.434. The lowest BCUT2D eigenvalue weighted by molar-refractivity contribution is 0.102. The van der Waals surface area contributed by atoms with Crippen LogP contribution >= 0.6 is 0 Å². The summed E-state index contributed by atoms with van der Waals surface area (Å²) in [5, 5.41) is 2.74. The molecule has 0 radical (unpaired) electrons. The molecule has 0 unspecified atom stereocenters. The first-order valence-electron chi connectivity index (χ1n) is 7.15. The lowest BCUT2D eigenvalue weighted by Crippen LogP contribution is -2.17. The van der Waals surface area contributed by atoms with Gasteiger partial charge in [-0.2, -0.15) is 0 Å². The van der Waals surface area contributed by atoms with Crippen molar-refractivity contribution >= 4 is 17.4 Å². The van der Waals surface area contributed by atoms with E-state index in [1.54, 1.807) is 49.8 Å². The van der Waals surface area contributed by atoms with Gasteiger partial charge in [0.2, 0.25) is 0 Å². The number of rotatable bonds is 4. The number of amides is 1. The smallest absolute Gasteiger partial charge is 0.278 e. The van der Waals surface area contributed by atoms with Crippen molar-refractivity contribution in [1.82, 2.24) is 15.0 Å². The Kier molecular flexibility index (Phi) is 4.33. The monoisotopic (exact) mass is 321 g/mol. The number of hydrogen-bond donors (Lipinski definition) is 2. The van der Waals surface area contributed by atoms with Crippen LogP contribution in [0.1, 0.15) is 10.5 Å². The van der Waals surface area contributed by atoms with Crippen LogP contribution in [0.4, 0.5) is 11.5 Å². The van der Waals surface area contributed by atoms with Crippen LogP contribution in [0.3, 0.4) is 0 Å². The predicted molar refractivity (Wildman–Crippen MR) is 90.6 cm³/mol. The van der Waals surface area contributed by atoms with Crippen LogP contribution in [0, 0.1) is 0 Å². The molecule has 0 aliphatic carbocycles. The molecule has 3 N–H and O–H groups in total. The zero-order chi connectivity index (χ0) is 16.9. The first-order chi connectivity index (χ1) is 11.7. The van der Waals surface area contributed by atoms with Crippen molar-refractivity contribution in [2.45, 2.75) is 0 Å². The van der Waals surface area contributed by atoms with Gasteiger partial charge in [-0.25, -0.2) is 9.97 Å². The summed E-state index contributed by atoms with van der Waals surface area (Å²) in [6.45, 7) is 0. The van der Waals surface area contributed by atoms with E-state index in [1.165, 1.54) is 6.20 Å². The number of pyridine rings is 1. The van der Waals surface area contributed by atoms with Crippen LogP contribution < -0.4 is 15.8 Å². The number of aromatic nitrogens is 3. The number of methoxy groups -OCH3 is 1. The van der Waals surface area contributed by atoms with Crippen LogP contribution in [0.2, 0.25) is 0 Å². The SMILES string of the molecule is COc1ccc(NC(=O)c2nc(-c3cccnc3)cnc2N)cc1. The summed E-state index contributed by atoms with van der Waals surface area (Å²) in [7, 11) is 1.58. The van der Waals surface area contributed by atoms with Gasteiger partial charge >= 0.3 is 0 Å². The molecule has 2 heterocycles. The van der Waals surface area contributed by atoms with Crippen molar-refractivity contribution in [2.24, 2.45) is 0 Å². The summed E-state index contributed by atoms with van der Waals surface area (Å²) in [4.78, 5) is 24.8. The molecule has 7 heteroatoms. The summed E-state index contributed by atoms with van der Waals surface area (Å²) in [6, 6.07) is 10.6. The zero-order valence-corrected chi connectivity index (χ0v) is 12.9. The second kappa shape index (κ2) is 6.74. The van der Waals surface area contributed by atoms with Gasteiger partial charge in [0.05, 0.1) is 19.0 Å². The highest BCUT2D eigenvalue weighted by Crippen LogP contribution is 2.19. The van der Waals surface area contributed by atoms with Crippen molar-refractivity contribution in [3.63, 3.8) is 0 Å². The summed E-state index contributed by atoms with van der Waals surface area (Å²) in [5.74, 6) is 0.329. The molecule has 7 nitrogen and oxygen atoms in total. The highest BCUT2D eigenvalue weighted by molar-refractivity contribution is 6.06. The molecule has 3 aromatic rings. The van der Waals surface area contributed by atoms with Gasteiger partial charge in [0.1, 0.15) is 5.75 Å². The Balaban J connectivity index is 1.86. The molecule has 0 aliphatic heterocycles. The fraction of sp³-hybridized carbons (Fsp3) is 0.0588. The van der Waals surface area contributed by atoms with Crippen molar-refractivity contribution in [3.8, 4) is 17.0 Å². The van der Waals surface area contributed by atoms with Crippen molar-refractivity contribution in [3.05, 3.63) is 60.7 Å². The molecule has 2 aromatic heterocycles. The van der Waals surface area contributed by atoms with E-state index in [0.717, 1.165) is 5.56 Å². The largest absolute Gasteiger partial charge is 0.497 e. The number of hydrogen-bond acceptors (Lipinski definition) is 6. The molecule has 0 atom stereocenters. The number of nitrogens with two attached hydrogens (primary N) is 1. The lowest BCUT2D eigenvalue weighted by atomic mass is 10.2.